The minimum absolute atomic E-state index is 0.00718. The number of alkyl halides is 1. The first-order valence-corrected chi connectivity index (χ1v) is 6.16. The highest BCUT2D eigenvalue weighted by Crippen LogP contribution is 2.21. The van der Waals surface area contributed by atoms with Gasteiger partial charge in [0.15, 0.2) is 6.04 Å². The Morgan fingerprint density at radius 3 is 2.85 bits per heavy atom. The van der Waals surface area contributed by atoms with Crippen LogP contribution in [0.25, 0.3) is 10.9 Å². The predicted octanol–water partition coefficient (Wildman–Crippen LogP) is 1.56. The van der Waals surface area contributed by atoms with E-state index in [4.69, 9.17) is 5.11 Å². The number of carboxylic acid groups (broad SMARTS) is 1. The number of aliphatic carboxylic acids is 1. The maximum absolute atomic E-state index is 12.5. The van der Waals surface area contributed by atoms with E-state index in [9.17, 15) is 14.0 Å². The van der Waals surface area contributed by atoms with Crippen LogP contribution in [0.1, 0.15) is 11.1 Å². The Morgan fingerprint density at radius 2 is 2.20 bits per heavy atom. The minimum atomic E-state index is -1.49. The molecule has 0 aliphatic carbocycles. The zero-order valence-electron chi connectivity index (χ0n) is 10.9. The molecule has 1 aromatic heterocycles. The first kappa shape index (κ1) is 14.0. The molecule has 0 fully saturated rings. The molecule has 20 heavy (non-hydrogen) atoms. The smallest absolute Gasteiger partial charge is 0.328 e. The largest absolute Gasteiger partial charge is 0.480 e. The normalized spacial score (nSPS) is 12.3. The number of aromatic nitrogens is 1. The van der Waals surface area contributed by atoms with E-state index in [1.165, 1.54) is 0 Å². The first-order chi connectivity index (χ1) is 9.52. The fraction of sp³-hybridized carbons (Fsp3) is 0.286. The van der Waals surface area contributed by atoms with E-state index in [1.807, 2.05) is 25.1 Å². The lowest BCUT2D eigenvalue weighted by Gasteiger charge is -2.10. The van der Waals surface area contributed by atoms with Gasteiger partial charge in [0.05, 0.1) is 6.42 Å². The molecule has 0 spiro atoms. The van der Waals surface area contributed by atoms with Crippen LogP contribution in [-0.4, -0.2) is 34.7 Å². The van der Waals surface area contributed by atoms with Crippen LogP contribution in [0.3, 0.4) is 0 Å². The number of amides is 1. The van der Waals surface area contributed by atoms with Gasteiger partial charge in [0.2, 0.25) is 5.91 Å². The summed E-state index contributed by atoms with van der Waals surface area (Å²) in [4.78, 5) is 25.5. The SMILES string of the molecule is Cc1cccc2c(CC(=O)NC(CF)C(=O)O)c[nH]c12. The summed E-state index contributed by atoms with van der Waals surface area (Å²) >= 11 is 0. The van der Waals surface area contributed by atoms with Gasteiger partial charge in [-0.25, -0.2) is 9.18 Å². The molecule has 1 heterocycles. The molecule has 106 valence electrons. The first-order valence-electron chi connectivity index (χ1n) is 6.16. The highest BCUT2D eigenvalue weighted by Gasteiger charge is 2.20. The van der Waals surface area contributed by atoms with Crippen molar-refractivity contribution >= 4 is 22.8 Å². The maximum Gasteiger partial charge on any atom is 0.328 e. The second-order valence-corrected chi connectivity index (χ2v) is 4.60. The minimum Gasteiger partial charge on any atom is -0.480 e. The highest BCUT2D eigenvalue weighted by atomic mass is 19.1. The number of carbonyl (C=O) groups is 2. The summed E-state index contributed by atoms with van der Waals surface area (Å²) in [7, 11) is 0. The van der Waals surface area contributed by atoms with Crippen molar-refractivity contribution < 1.29 is 19.1 Å². The van der Waals surface area contributed by atoms with Crippen molar-refractivity contribution in [2.45, 2.75) is 19.4 Å². The molecule has 6 heteroatoms. The summed E-state index contributed by atoms with van der Waals surface area (Å²) in [5.41, 5.74) is 2.75. The number of aryl methyl sites for hydroxylation is 1. The van der Waals surface area contributed by atoms with E-state index < -0.39 is 24.6 Å². The van der Waals surface area contributed by atoms with Gasteiger partial charge < -0.3 is 15.4 Å². The molecule has 0 aliphatic rings. The third kappa shape index (κ3) is 2.79. The summed E-state index contributed by atoms with van der Waals surface area (Å²) in [6.45, 7) is 0.820. The van der Waals surface area contributed by atoms with Crippen molar-refractivity contribution in [2.24, 2.45) is 0 Å². The van der Waals surface area contributed by atoms with Gasteiger partial charge in [0.25, 0.3) is 0 Å². The molecule has 5 nitrogen and oxygen atoms in total. The Hall–Kier alpha value is -2.37. The number of hydrogen-bond donors (Lipinski definition) is 3. The summed E-state index contributed by atoms with van der Waals surface area (Å²) in [6, 6.07) is 4.22. The van der Waals surface area contributed by atoms with Crippen LogP contribution < -0.4 is 5.32 Å². The maximum atomic E-state index is 12.5. The molecular weight excluding hydrogens is 263 g/mol. The van der Waals surface area contributed by atoms with E-state index in [0.29, 0.717) is 0 Å². The van der Waals surface area contributed by atoms with Crippen LogP contribution in [-0.2, 0) is 16.0 Å². The number of halogens is 1. The molecule has 1 atom stereocenters. The fourth-order valence-electron chi connectivity index (χ4n) is 2.09. The third-order valence-electron chi connectivity index (χ3n) is 3.15. The Bertz CT molecular complexity index is 651. The molecule has 0 saturated carbocycles. The van der Waals surface area contributed by atoms with E-state index >= 15 is 0 Å². The predicted molar refractivity (Wildman–Crippen MR) is 72.3 cm³/mol. The molecule has 2 aromatic rings. The number of fused-ring (bicyclic) bond motifs is 1. The molecule has 1 amide bonds. The lowest BCUT2D eigenvalue weighted by molar-refractivity contribution is -0.142. The zero-order chi connectivity index (χ0) is 14.7. The van der Waals surface area contributed by atoms with Crippen LogP contribution in [0.15, 0.2) is 24.4 Å². The number of H-pyrrole nitrogens is 1. The van der Waals surface area contributed by atoms with Crippen molar-refractivity contribution in [1.82, 2.24) is 10.3 Å². The van der Waals surface area contributed by atoms with Crippen molar-refractivity contribution in [3.8, 4) is 0 Å². The number of nitrogens with one attached hydrogen (secondary N) is 2. The molecule has 2 rings (SSSR count). The standard InChI is InChI=1S/C14H15FN2O3/c1-8-3-2-4-10-9(7-16-13(8)10)5-12(18)17-11(6-15)14(19)20/h2-4,7,11,16H,5-6H2,1H3,(H,17,18)(H,19,20). The van der Waals surface area contributed by atoms with Gasteiger partial charge in [-0.05, 0) is 18.1 Å². The summed E-state index contributed by atoms with van der Waals surface area (Å²) in [6.07, 6.45) is 1.72. The number of hydrogen-bond acceptors (Lipinski definition) is 2. The van der Waals surface area contributed by atoms with E-state index in [2.05, 4.69) is 10.3 Å². The number of carbonyl (C=O) groups excluding carboxylic acids is 1. The average molecular weight is 278 g/mol. The van der Waals surface area contributed by atoms with Crippen LogP contribution >= 0.6 is 0 Å². The lowest BCUT2D eigenvalue weighted by atomic mass is 10.1. The van der Waals surface area contributed by atoms with Crippen molar-refractivity contribution in [2.75, 3.05) is 6.67 Å². The van der Waals surface area contributed by atoms with Gasteiger partial charge in [0.1, 0.15) is 6.67 Å². The second kappa shape index (κ2) is 5.73. The van der Waals surface area contributed by atoms with Gasteiger partial charge in [-0.3, -0.25) is 4.79 Å². The van der Waals surface area contributed by atoms with Gasteiger partial charge in [-0.1, -0.05) is 18.2 Å². The average Bonchev–Trinajstić information content (AvgIpc) is 2.80. The van der Waals surface area contributed by atoms with Crippen LogP contribution in [0.2, 0.25) is 0 Å². The summed E-state index contributed by atoms with van der Waals surface area (Å²) in [5.74, 6) is -1.90. The fourth-order valence-corrected chi connectivity index (χ4v) is 2.09. The summed E-state index contributed by atoms with van der Waals surface area (Å²) < 4.78 is 12.5. The second-order valence-electron chi connectivity index (χ2n) is 4.60. The quantitative estimate of drug-likeness (QED) is 0.776. The van der Waals surface area contributed by atoms with Gasteiger partial charge >= 0.3 is 5.97 Å². The molecular formula is C14H15FN2O3. The molecule has 0 radical (unpaired) electrons. The third-order valence-corrected chi connectivity index (χ3v) is 3.15. The molecule has 1 unspecified atom stereocenters. The number of aromatic amines is 1. The van der Waals surface area contributed by atoms with E-state index in [-0.39, 0.29) is 6.42 Å². The van der Waals surface area contributed by atoms with Crippen molar-refractivity contribution in [3.05, 3.63) is 35.5 Å². The number of carboxylic acids is 1. The zero-order valence-corrected chi connectivity index (χ0v) is 10.9. The Morgan fingerprint density at radius 1 is 1.45 bits per heavy atom. The Kier molecular flexibility index (Phi) is 4.02. The molecule has 0 aliphatic heterocycles. The lowest BCUT2D eigenvalue weighted by Crippen LogP contribution is -2.42. The van der Waals surface area contributed by atoms with E-state index in [0.717, 1.165) is 22.0 Å². The Balaban J connectivity index is 2.14. The molecule has 0 bridgehead atoms. The van der Waals surface area contributed by atoms with Crippen molar-refractivity contribution in [3.63, 3.8) is 0 Å². The number of para-hydroxylation sites is 1. The van der Waals surface area contributed by atoms with Gasteiger partial charge in [-0.2, -0.15) is 0 Å². The van der Waals surface area contributed by atoms with Gasteiger partial charge in [-0.15, -0.1) is 0 Å². The molecule has 1 aromatic carbocycles. The highest BCUT2D eigenvalue weighted by molar-refractivity contribution is 5.91. The molecule has 0 saturated heterocycles. The van der Waals surface area contributed by atoms with Crippen molar-refractivity contribution in [1.29, 1.82) is 0 Å². The molecule has 3 N–H and O–H groups in total. The Labute approximate surface area is 114 Å². The van der Waals surface area contributed by atoms with Crippen LogP contribution in [0, 0.1) is 6.92 Å². The monoisotopic (exact) mass is 278 g/mol. The van der Waals surface area contributed by atoms with Crippen LogP contribution in [0.5, 0.6) is 0 Å². The number of benzene rings is 1. The topological polar surface area (TPSA) is 82.2 Å². The number of rotatable bonds is 5. The van der Waals surface area contributed by atoms with Crippen LogP contribution in [0.4, 0.5) is 4.39 Å². The van der Waals surface area contributed by atoms with Gasteiger partial charge in [0, 0.05) is 17.1 Å². The van der Waals surface area contributed by atoms with E-state index in [1.54, 1.807) is 6.20 Å². The summed E-state index contributed by atoms with van der Waals surface area (Å²) in [5, 5.41) is 11.8.